The Labute approximate surface area is 155 Å². The van der Waals surface area contributed by atoms with E-state index in [2.05, 4.69) is 14.8 Å². The smallest absolute Gasteiger partial charge is 0.339 e. The highest BCUT2D eigenvalue weighted by Gasteiger charge is 2.27. The zero-order valence-corrected chi connectivity index (χ0v) is 14.9. The van der Waals surface area contributed by atoms with E-state index < -0.39 is 23.8 Å². The van der Waals surface area contributed by atoms with E-state index in [0.717, 1.165) is 0 Å². The standard InChI is InChI=1S/C17H19N3O7/c1-26-16(24)11-3-4-12(17(25)27-2)13(9-11)18-14(22)15(23)20-7-5-19(10-21)6-8-20/h3-4,9-10H,5-8H2,1-2H3,(H,18,22). The first kappa shape index (κ1) is 19.9. The number of nitrogens with zero attached hydrogens (tertiary/aromatic N) is 2. The lowest BCUT2D eigenvalue weighted by atomic mass is 10.1. The number of hydrogen-bond acceptors (Lipinski definition) is 7. The Hall–Kier alpha value is -3.43. The molecule has 1 fully saturated rings. The number of nitrogens with one attached hydrogen (secondary N) is 1. The molecule has 1 saturated heterocycles. The molecule has 144 valence electrons. The monoisotopic (exact) mass is 377 g/mol. The third-order valence-electron chi connectivity index (χ3n) is 4.04. The molecular weight excluding hydrogens is 358 g/mol. The van der Waals surface area contributed by atoms with Crippen molar-refractivity contribution in [2.45, 2.75) is 0 Å². The van der Waals surface area contributed by atoms with Gasteiger partial charge in [-0.15, -0.1) is 0 Å². The highest BCUT2D eigenvalue weighted by Crippen LogP contribution is 2.20. The van der Waals surface area contributed by atoms with Crippen molar-refractivity contribution in [2.24, 2.45) is 0 Å². The number of ether oxygens (including phenoxy) is 2. The van der Waals surface area contributed by atoms with Crippen LogP contribution >= 0.6 is 0 Å². The minimum absolute atomic E-state index is 0.0166. The van der Waals surface area contributed by atoms with Crippen LogP contribution in [0.3, 0.4) is 0 Å². The van der Waals surface area contributed by atoms with Crippen molar-refractivity contribution in [1.29, 1.82) is 0 Å². The quantitative estimate of drug-likeness (QED) is 0.426. The maximum absolute atomic E-state index is 12.3. The van der Waals surface area contributed by atoms with E-state index in [9.17, 15) is 24.0 Å². The van der Waals surface area contributed by atoms with E-state index in [0.29, 0.717) is 19.5 Å². The van der Waals surface area contributed by atoms with E-state index in [1.165, 1.54) is 42.2 Å². The van der Waals surface area contributed by atoms with Crippen LogP contribution in [0.2, 0.25) is 0 Å². The molecule has 2 rings (SSSR count). The van der Waals surface area contributed by atoms with E-state index in [1.54, 1.807) is 0 Å². The van der Waals surface area contributed by atoms with Gasteiger partial charge in [0, 0.05) is 26.2 Å². The summed E-state index contributed by atoms with van der Waals surface area (Å²) in [5, 5.41) is 2.35. The first-order valence-electron chi connectivity index (χ1n) is 8.01. The number of benzene rings is 1. The average molecular weight is 377 g/mol. The van der Waals surface area contributed by atoms with Crippen LogP contribution in [0.5, 0.6) is 0 Å². The molecule has 27 heavy (non-hydrogen) atoms. The molecule has 3 amide bonds. The molecule has 0 saturated carbocycles. The van der Waals surface area contributed by atoms with Crippen molar-refractivity contribution >= 4 is 35.9 Å². The normalized spacial score (nSPS) is 13.6. The Kier molecular flexibility index (Phi) is 6.47. The average Bonchev–Trinajstić information content (AvgIpc) is 2.71. The maximum atomic E-state index is 12.3. The molecule has 1 aromatic carbocycles. The van der Waals surface area contributed by atoms with E-state index in [1.807, 2.05) is 0 Å². The lowest BCUT2D eigenvalue weighted by molar-refractivity contribution is -0.144. The number of carbonyl (C=O) groups excluding carboxylic acids is 5. The van der Waals surface area contributed by atoms with Crippen LogP contribution < -0.4 is 5.32 Å². The second-order valence-electron chi connectivity index (χ2n) is 5.63. The molecule has 10 nitrogen and oxygen atoms in total. The molecule has 0 radical (unpaired) electrons. The van der Waals surface area contributed by atoms with Crippen LogP contribution in [-0.2, 0) is 23.9 Å². The molecule has 1 N–H and O–H groups in total. The molecule has 0 aliphatic carbocycles. The first-order valence-corrected chi connectivity index (χ1v) is 8.01. The summed E-state index contributed by atoms with van der Waals surface area (Å²) in [6.45, 7) is 1.09. The van der Waals surface area contributed by atoms with Crippen LogP contribution in [0.25, 0.3) is 0 Å². The fraction of sp³-hybridized carbons (Fsp3) is 0.353. The van der Waals surface area contributed by atoms with Gasteiger partial charge >= 0.3 is 23.8 Å². The van der Waals surface area contributed by atoms with Crippen LogP contribution in [-0.4, -0.2) is 80.4 Å². The maximum Gasteiger partial charge on any atom is 0.339 e. The van der Waals surface area contributed by atoms with Gasteiger partial charge in [0.05, 0.1) is 31.0 Å². The first-order chi connectivity index (χ1) is 12.9. The molecule has 0 bridgehead atoms. The minimum atomic E-state index is -0.971. The van der Waals surface area contributed by atoms with Crippen molar-refractivity contribution in [3.63, 3.8) is 0 Å². The summed E-state index contributed by atoms with van der Waals surface area (Å²) in [7, 11) is 2.36. The number of methoxy groups -OCH3 is 2. The summed E-state index contributed by atoms with van der Waals surface area (Å²) in [4.78, 5) is 61.7. The van der Waals surface area contributed by atoms with Gasteiger partial charge in [0.2, 0.25) is 6.41 Å². The Morgan fingerprint density at radius 1 is 1.00 bits per heavy atom. The Morgan fingerprint density at radius 2 is 1.63 bits per heavy atom. The van der Waals surface area contributed by atoms with Crippen LogP contribution in [0.1, 0.15) is 20.7 Å². The molecule has 1 aliphatic rings. The van der Waals surface area contributed by atoms with Gasteiger partial charge in [0.25, 0.3) is 0 Å². The van der Waals surface area contributed by atoms with Crippen LogP contribution in [0.15, 0.2) is 18.2 Å². The lowest BCUT2D eigenvalue weighted by Crippen LogP contribution is -2.51. The summed E-state index contributed by atoms with van der Waals surface area (Å²) in [5.74, 6) is -3.19. The molecule has 10 heteroatoms. The number of anilines is 1. The van der Waals surface area contributed by atoms with E-state index in [4.69, 9.17) is 0 Å². The van der Waals surface area contributed by atoms with Gasteiger partial charge < -0.3 is 24.6 Å². The van der Waals surface area contributed by atoms with Crippen LogP contribution in [0, 0.1) is 0 Å². The summed E-state index contributed by atoms with van der Waals surface area (Å²) < 4.78 is 9.26. The van der Waals surface area contributed by atoms with E-state index in [-0.39, 0.29) is 29.9 Å². The van der Waals surface area contributed by atoms with Gasteiger partial charge in [0.1, 0.15) is 0 Å². The molecule has 1 aliphatic heterocycles. The number of amides is 3. The zero-order valence-electron chi connectivity index (χ0n) is 14.9. The SMILES string of the molecule is COC(=O)c1ccc(C(=O)OC)c(NC(=O)C(=O)N2CCN(C=O)CC2)c1. The molecule has 1 heterocycles. The lowest BCUT2D eigenvalue weighted by Gasteiger charge is -2.32. The number of carbonyl (C=O) groups is 5. The van der Waals surface area contributed by atoms with Gasteiger partial charge in [-0.25, -0.2) is 9.59 Å². The summed E-state index contributed by atoms with van der Waals surface area (Å²) in [6, 6.07) is 3.86. The molecular formula is C17H19N3O7. The molecule has 0 aromatic heterocycles. The molecule has 0 atom stereocenters. The Balaban J connectivity index is 2.19. The predicted molar refractivity (Wildman–Crippen MR) is 92.0 cm³/mol. The summed E-state index contributed by atoms with van der Waals surface area (Å²) in [6.07, 6.45) is 0.683. The largest absolute Gasteiger partial charge is 0.465 e. The highest BCUT2D eigenvalue weighted by molar-refractivity contribution is 6.40. The fourth-order valence-electron chi connectivity index (χ4n) is 2.53. The number of hydrogen-bond donors (Lipinski definition) is 1. The predicted octanol–water partition coefficient (Wildman–Crippen LogP) is -0.501. The highest BCUT2D eigenvalue weighted by atomic mass is 16.5. The fourth-order valence-corrected chi connectivity index (χ4v) is 2.53. The van der Waals surface area contributed by atoms with Gasteiger partial charge in [-0.05, 0) is 18.2 Å². The second-order valence-corrected chi connectivity index (χ2v) is 5.63. The topological polar surface area (TPSA) is 122 Å². The van der Waals surface area contributed by atoms with Gasteiger partial charge in [-0.3, -0.25) is 14.4 Å². The third kappa shape index (κ3) is 4.60. The Bertz CT molecular complexity index is 770. The molecule has 0 unspecified atom stereocenters. The van der Waals surface area contributed by atoms with Crippen molar-refractivity contribution in [1.82, 2.24) is 9.80 Å². The number of rotatable bonds is 4. The minimum Gasteiger partial charge on any atom is -0.465 e. The molecule has 0 spiro atoms. The molecule has 1 aromatic rings. The second kappa shape index (κ2) is 8.79. The number of piperazine rings is 1. The van der Waals surface area contributed by atoms with Gasteiger partial charge in [-0.2, -0.15) is 0 Å². The summed E-state index contributed by atoms with van der Waals surface area (Å²) in [5.41, 5.74) is 0.0270. The van der Waals surface area contributed by atoms with Crippen molar-refractivity contribution in [2.75, 3.05) is 45.7 Å². The van der Waals surface area contributed by atoms with Gasteiger partial charge in [0.15, 0.2) is 0 Å². The third-order valence-corrected chi connectivity index (χ3v) is 4.04. The number of esters is 2. The van der Waals surface area contributed by atoms with Crippen molar-refractivity contribution in [3.05, 3.63) is 29.3 Å². The zero-order chi connectivity index (χ0) is 20.0. The van der Waals surface area contributed by atoms with Gasteiger partial charge in [-0.1, -0.05) is 0 Å². The summed E-state index contributed by atoms with van der Waals surface area (Å²) >= 11 is 0. The van der Waals surface area contributed by atoms with Crippen LogP contribution in [0.4, 0.5) is 5.69 Å². The van der Waals surface area contributed by atoms with Crippen molar-refractivity contribution < 1.29 is 33.4 Å². The Morgan fingerprint density at radius 3 is 2.19 bits per heavy atom. The van der Waals surface area contributed by atoms with Crippen molar-refractivity contribution in [3.8, 4) is 0 Å². The van der Waals surface area contributed by atoms with E-state index >= 15 is 0 Å².